The first-order valence-electron chi connectivity index (χ1n) is 8.14. The zero-order valence-corrected chi connectivity index (χ0v) is 13.1. The van der Waals surface area contributed by atoms with E-state index in [0.29, 0.717) is 6.04 Å². The third-order valence-corrected chi connectivity index (χ3v) is 4.70. The summed E-state index contributed by atoms with van der Waals surface area (Å²) in [4.78, 5) is 16.8. The molecule has 0 radical (unpaired) electrons. The van der Waals surface area contributed by atoms with E-state index in [-0.39, 0.29) is 5.91 Å². The number of carbonyl (C=O) groups is 1. The van der Waals surface area contributed by atoms with Gasteiger partial charge in [0.05, 0.1) is 6.04 Å². The van der Waals surface area contributed by atoms with Crippen LogP contribution in [0.2, 0.25) is 0 Å². The van der Waals surface area contributed by atoms with Crippen molar-refractivity contribution in [3.63, 3.8) is 0 Å². The predicted molar refractivity (Wildman–Crippen MR) is 92.0 cm³/mol. The summed E-state index contributed by atoms with van der Waals surface area (Å²) in [5, 5.41) is 0. The minimum absolute atomic E-state index is 0.199. The maximum absolute atomic E-state index is 12.4. The molecule has 0 N–H and O–H groups in total. The Morgan fingerprint density at radius 3 is 2.52 bits per heavy atom. The highest BCUT2D eigenvalue weighted by molar-refractivity contribution is 5.98. The predicted octanol–water partition coefficient (Wildman–Crippen LogP) is 3.04. The number of hydrogen-bond donors (Lipinski definition) is 0. The quantitative estimate of drug-likeness (QED) is 0.867. The van der Waals surface area contributed by atoms with Crippen LogP contribution in [0.1, 0.15) is 21.5 Å². The molecule has 3 heteroatoms. The molecular weight excluding hydrogens is 284 g/mol. The fraction of sp³-hybridized carbons (Fsp3) is 0.250. The number of carbonyl (C=O) groups excluding carboxylic acids is 1. The van der Waals surface area contributed by atoms with Gasteiger partial charge in [0.25, 0.3) is 5.91 Å². The normalized spacial score (nSPS) is 18.4. The molecular formula is C20H20N2O. The summed E-state index contributed by atoms with van der Waals surface area (Å²) >= 11 is 0. The lowest BCUT2D eigenvalue weighted by Gasteiger charge is -2.43. The van der Waals surface area contributed by atoms with Crippen LogP contribution in [0.25, 0.3) is 6.08 Å². The Balaban J connectivity index is 1.29. The number of amides is 1. The Bertz CT molecular complexity index is 732. The van der Waals surface area contributed by atoms with Crippen LogP contribution in [0.3, 0.4) is 0 Å². The van der Waals surface area contributed by atoms with E-state index in [1.54, 1.807) is 0 Å². The summed E-state index contributed by atoms with van der Waals surface area (Å²) in [6.07, 6.45) is 4.36. The van der Waals surface area contributed by atoms with Crippen LogP contribution in [0, 0.1) is 0 Å². The molecule has 4 rings (SSSR count). The van der Waals surface area contributed by atoms with Crippen LogP contribution in [0.5, 0.6) is 0 Å². The van der Waals surface area contributed by atoms with Crippen molar-refractivity contribution >= 4 is 12.0 Å². The average molecular weight is 304 g/mol. The van der Waals surface area contributed by atoms with Gasteiger partial charge < -0.3 is 4.90 Å². The molecule has 2 aliphatic rings. The van der Waals surface area contributed by atoms with E-state index in [1.807, 2.05) is 29.2 Å². The molecule has 2 aromatic carbocycles. The highest BCUT2D eigenvalue weighted by Crippen LogP contribution is 2.27. The van der Waals surface area contributed by atoms with Gasteiger partial charge in [-0.25, -0.2) is 0 Å². The molecule has 3 nitrogen and oxygen atoms in total. The number of nitrogens with zero attached hydrogens (tertiary/aromatic N) is 2. The first kappa shape index (κ1) is 14.2. The largest absolute Gasteiger partial charge is 0.329 e. The Morgan fingerprint density at radius 1 is 1.00 bits per heavy atom. The number of benzene rings is 2. The second kappa shape index (κ2) is 6.01. The maximum atomic E-state index is 12.4. The van der Waals surface area contributed by atoms with E-state index in [4.69, 9.17) is 0 Å². The van der Waals surface area contributed by atoms with Crippen LogP contribution in [0.4, 0.5) is 0 Å². The van der Waals surface area contributed by atoms with Gasteiger partial charge in [-0.2, -0.15) is 0 Å². The van der Waals surface area contributed by atoms with Crippen LogP contribution in [-0.2, 0) is 6.54 Å². The highest BCUT2D eigenvalue weighted by Gasteiger charge is 2.38. The lowest BCUT2D eigenvalue weighted by Crippen LogP contribution is -2.59. The number of likely N-dealkylation sites (tertiary alicyclic amines) is 1. The first-order valence-corrected chi connectivity index (χ1v) is 8.14. The number of hydrogen-bond acceptors (Lipinski definition) is 2. The van der Waals surface area contributed by atoms with Gasteiger partial charge in [0.1, 0.15) is 0 Å². The molecule has 1 fully saturated rings. The minimum atomic E-state index is 0.199. The van der Waals surface area contributed by atoms with Gasteiger partial charge in [-0.3, -0.25) is 9.69 Å². The van der Waals surface area contributed by atoms with Crippen molar-refractivity contribution < 1.29 is 4.79 Å². The SMILES string of the molecule is O=C1c2ccccc2CN1C1CN(C/C=C/c2ccccc2)C1. The van der Waals surface area contributed by atoms with Crippen molar-refractivity contribution in [2.24, 2.45) is 0 Å². The summed E-state index contributed by atoms with van der Waals surface area (Å²) < 4.78 is 0. The van der Waals surface area contributed by atoms with Gasteiger partial charge in [-0.1, -0.05) is 60.7 Å². The van der Waals surface area contributed by atoms with Crippen molar-refractivity contribution in [3.05, 3.63) is 77.4 Å². The third kappa shape index (κ3) is 2.80. The molecule has 0 aliphatic carbocycles. The molecule has 2 heterocycles. The molecule has 1 amide bonds. The van der Waals surface area contributed by atoms with Gasteiger partial charge in [0, 0.05) is 31.7 Å². The lowest BCUT2D eigenvalue weighted by atomic mass is 10.1. The third-order valence-electron chi connectivity index (χ3n) is 4.70. The summed E-state index contributed by atoms with van der Waals surface area (Å²) in [6.45, 7) is 3.66. The Labute approximate surface area is 136 Å². The fourth-order valence-electron chi connectivity index (χ4n) is 3.36. The van der Waals surface area contributed by atoms with Gasteiger partial charge in [-0.15, -0.1) is 0 Å². The smallest absolute Gasteiger partial charge is 0.254 e. The molecule has 2 aliphatic heterocycles. The van der Waals surface area contributed by atoms with Crippen molar-refractivity contribution in [3.8, 4) is 0 Å². The Kier molecular flexibility index (Phi) is 3.72. The summed E-state index contributed by atoms with van der Waals surface area (Å²) in [5.74, 6) is 0.199. The average Bonchev–Trinajstić information content (AvgIpc) is 2.88. The van der Waals surface area contributed by atoms with Crippen molar-refractivity contribution in [1.82, 2.24) is 9.80 Å². The second-order valence-electron chi connectivity index (χ2n) is 6.28. The Hall–Kier alpha value is -2.39. The lowest BCUT2D eigenvalue weighted by molar-refractivity contribution is 0.0334. The first-order chi connectivity index (χ1) is 11.3. The molecule has 0 atom stereocenters. The molecule has 0 saturated carbocycles. The van der Waals surface area contributed by atoms with E-state index in [9.17, 15) is 4.79 Å². The topological polar surface area (TPSA) is 23.6 Å². The van der Waals surface area contributed by atoms with Crippen molar-refractivity contribution in [1.29, 1.82) is 0 Å². The van der Waals surface area contributed by atoms with Crippen LogP contribution in [-0.4, -0.2) is 41.4 Å². The summed E-state index contributed by atoms with van der Waals surface area (Å²) in [5.41, 5.74) is 3.28. The van der Waals surface area contributed by atoms with Gasteiger partial charge in [0.15, 0.2) is 0 Å². The van der Waals surface area contributed by atoms with Gasteiger partial charge >= 0.3 is 0 Å². The van der Waals surface area contributed by atoms with Crippen LogP contribution in [0.15, 0.2) is 60.7 Å². The standard InChI is InChI=1S/C20H20N2O/c23-20-19-11-5-4-10-17(19)13-22(20)18-14-21(15-18)12-6-9-16-7-2-1-3-8-16/h1-11,18H,12-15H2/b9-6+. The molecule has 0 spiro atoms. The Morgan fingerprint density at radius 2 is 1.74 bits per heavy atom. The molecule has 23 heavy (non-hydrogen) atoms. The number of rotatable bonds is 4. The van der Waals surface area contributed by atoms with E-state index in [0.717, 1.165) is 31.7 Å². The van der Waals surface area contributed by atoms with E-state index in [2.05, 4.69) is 47.4 Å². The van der Waals surface area contributed by atoms with Crippen LogP contribution >= 0.6 is 0 Å². The molecule has 2 aromatic rings. The number of fused-ring (bicyclic) bond motifs is 1. The van der Waals surface area contributed by atoms with Gasteiger partial charge in [-0.05, 0) is 17.2 Å². The molecule has 116 valence electrons. The summed E-state index contributed by atoms with van der Waals surface area (Å²) in [7, 11) is 0. The van der Waals surface area contributed by atoms with Gasteiger partial charge in [0.2, 0.25) is 0 Å². The zero-order valence-electron chi connectivity index (χ0n) is 13.1. The highest BCUT2D eigenvalue weighted by atomic mass is 16.2. The van der Waals surface area contributed by atoms with E-state index >= 15 is 0 Å². The molecule has 0 bridgehead atoms. The zero-order chi connectivity index (χ0) is 15.6. The van der Waals surface area contributed by atoms with E-state index < -0.39 is 0 Å². The maximum Gasteiger partial charge on any atom is 0.254 e. The fourth-order valence-corrected chi connectivity index (χ4v) is 3.36. The summed E-state index contributed by atoms with van der Waals surface area (Å²) in [6, 6.07) is 18.7. The van der Waals surface area contributed by atoms with Crippen LogP contribution < -0.4 is 0 Å². The molecule has 0 aromatic heterocycles. The van der Waals surface area contributed by atoms with Crippen molar-refractivity contribution in [2.75, 3.05) is 19.6 Å². The second-order valence-corrected chi connectivity index (χ2v) is 6.28. The minimum Gasteiger partial charge on any atom is -0.329 e. The molecule has 1 saturated heterocycles. The van der Waals surface area contributed by atoms with Crippen molar-refractivity contribution in [2.45, 2.75) is 12.6 Å². The monoisotopic (exact) mass is 304 g/mol. The van der Waals surface area contributed by atoms with E-state index in [1.165, 1.54) is 11.1 Å². The molecule has 0 unspecified atom stereocenters.